The van der Waals surface area contributed by atoms with Gasteiger partial charge in [0.15, 0.2) is 0 Å². The first kappa shape index (κ1) is 16.1. The summed E-state index contributed by atoms with van der Waals surface area (Å²) in [5.74, 6) is 0.508. The minimum Gasteiger partial charge on any atom is -0.497 e. The predicted molar refractivity (Wildman–Crippen MR) is 100 cm³/mol. The number of aromatic amines is 1. The molecule has 26 heavy (non-hydrogen) atoms. The minimum atomic E-state index is -0.276. The van der Waals surface area contributed by atoms with Crippen molar-refractivity contribution in [3.8, 4) is 16.9 Å². The van der Waals surface area contributed by atoms with Crippen molar-refractivity contribution in [1.82, 2.24) is 9.55 Å². The topological polar surface area (TPSA) is 47.0 Å². The Kier molecular flexibility index (Phi) is 4.05. The standard InChI is InChI=1S/C21H17FN2O2/c1-26-19-6-2-14(3-7-19)15-4-9-21(25)24(12-15)13-18-11-16-10-17(22)5-8-20(16)23-18/h2-12,23H,13H2,1H3. The van der Waals surface area contributed by atoms with Gasteiger partial charge in [-0.15, -0.1) is 0 Å². The molecule has 0 bridgehead atoms. The molecule has 0 spiro atoms. The lowest BCUT2D eigenvalue weighted by molar-refractivity contribution is 0.415. The van der Waals surface area contributed by atoms with Crippen molar-refractivity contribution < 1.29 is 9.13 Å². The van der Waals surface area contributed by atoms with E-state index >= 15 is 0 Å². The van der Waals surface area contributed by atoms with E-state index in [1.165, 1.54) is 12.1 Å². The Labute approximate surface area is 149 Å². The Hall–Kier alpha value is -3.34. The summed E-state index contributed by atoms with van der Waals surface area (Å²) in [6.07, 6.45) is 1.83. The van der Waals surface area contributed by atoms with Crippen LogP contribution in [0.2, 0.25) is 0 Å². The molecular formula is C21H17FN2O2. The normalized spacial score (nSPS) is 11.0. The van der Waals surface area contributed by atoms with Crippen LogP contribution in [-0.2, 0) is 6.54 Å². The zero-order chi connectivity index (χ0) is 18.1. The van der Waals surface area contributed by atoms with Gasteiger partial charge in [-0.3, -0.25) is 4.79 Å². The number of hydrogen-bond donors (Lipinski definition) is 1. The second kappa shape index (κ2) is 6.52. The molecule has 2 aromatic heterocycles. The minimum absolute atomic E-state index is 0.0906. The highest BCUT2D eigenvalue weighted by Crippen LogP contribution is 2.22. The van der Waals surface area contributed by atoms with E-state index in [1.54, 1.807) is 29.9 Å². The molecule has 1 N–H and O–H groups in total. The fourth-order valence-corrected chi connectivity index (χ4v) is 3.04. The Bertz CT molecular complexity index is 1130. The maximum absolute atomic E-state index is 13.4. The molecule has 0 atom stereocenters. The number of nitrogens with one attached hydrogen (secondary N) is 1. The van der Waals surface area contributed by atoms with E-state index in [1.807, 2.05) is 36.5 Å². The smallest absolute Gasteiger partial charge is 0.250 e. The Balaban J connectivity index is 1.67. The Morgan fingerprint density at radius 3 is 2.54 bits per heavy atom. The molecule has 2 heterocycles. The molecule has 0 radical (unpaired) electrons. The van der Waals surface area contributed by atoms with E-state index in [0.717, 1.165) is 33.5 Å². The van der Waals surface area contributed by atoms with Crippen molar-refractivity contribution in [1.29, 1.82) is 0 Å². The number of rotatable bonds is 4. The lowest BCUT2D eigenvalue weighted by atomic mass is 10.1. The third-order valence-corrected chi connectivity index (χ3v) is 4.39. The van der Waals surface area contributed by atoms with Gasteiger partial charge >= 0.3 is 0 Å². The molecule has 0 fully saturated rings. The van der Waals surface area contributed by atoms with Gasteiger partial charge in [-0.05, 0) is 53.6 Å². The summed E-state index contributed by atoms with van der Waals surface area (Å²) in [4.78, 5) is 15.5. The molecule has 2 aromatic carbocycles. The van der Waals surface area contributed by atoms with E-state index in [2.05, 4.69) is 4.98 Å². The summed E-state index contributed by atoms with van der Waals surface area (Å²) in [6, 6.07) is 17.5. The molecule has 0 saturated carbocycles. The number of fused-ring (bicyclic) bond motifs is 1. The van der Waals surface area contributed by atoms with Crippen molar-refractivity contribution in [2.24, 2.45) is 0 Å². The second-order valence-corrected chi connectivity index (χ2v) is 6.14. The summed E-state index contributed by atoms with van der Waals surface area (Å²) >= 11 is 0. The number of nitrogens with zero attached hydrogens (tertiary/aromatic N) is 1. The van der Waals surface area contributed by atoms with E-state index in [0.29, 0.717) is 6.54 Å². The van der Waals surface area contributed by atoms with Crippen molar-refractivity contribution in [3.05, 3.63) is 88.7 Å². The van der Waals surface area contributed by atoms with Gasteiger partial charge in [-0.25, -0.2) is 4.39 Å². The number of H-pyrrole nitrogens is 1. The highest BCUT2D eigenvalue weighted by atomic mass is 19.1. The summed E-state index contributed by atoms with van der Waals surface area (Å²) in [7, 11) is 1.63. The second-order valence-electron chi connectivity index (χ2n) is 6.14. The number of hydrogen-bond acceptors (Lipinski definition) is 2. The van der Waals surface area contributed by atoms with Crippen LogP contribution < -0.4 is 10.3 Å². The quantitative estimate of drug-likeness (QED) is 0.601. The SMILES string of the molecule is COc1ccc(-c2ccc(=O)n(Cc3cc4cc(F)ccc4[nH]3)c2)cc1. The van der Waals surface area contributed by atoms with Gasteiger partial charge in [-0.2, -0.15) is 0 Å². The third-order valence-electron chi connectivity index (χ3n) is 4.39. The highest BCUT2D eigenvalue weighted by molar-refractivity contribution is 5.80. The fraction of sp³-hybridized carbons (Fsp3) is 0.0952. The average Bonchev–Trinajstić information content (AvgIpc) is 3.05. The third kappa shape index (κ3) is 3.11. The zero-order valence-electron chi connectivity index (χ0n) is 14.2. The molecule has 4 nitrogen and oxygen atoms in total. The monoisotopic (exact) mass is 348 g/mol. The van der Waals surface area contributed by atoms with Gasteiger partial charge < -0.3 is 14.3 Å². The Morgan fingerprint density at radius 1 is 1.00 bits per heavy atom. The van der Waals surface area contributed by atoms with Gasteiger partial charge in [0.25, 0.3) is 5.56 Å². The number of benzene rings is 2. The summed E-state index contributed by atoms with van der Waals surface area (Å²) in [5.41, 5.74) is 3.54. The van der Waals surface area contributed by atoms with Gasteiger partial charge in [-0.1, -0.05) is 12.1 Å². The van der Waals surface area contributed by atoms with Crippen LogP contribution in [0.3, 0.4) is 0 Å². The number of ether oxygens (including phenoxy) is 1. The number of methoxy groups -OCH3 is 1. The Morgan fingerprint density at radius 2 is 1.77 bits per heavy atom. The molecule has 0 saturated heterocycles. The lowest BCUT2D eigenvalue weighted by Gasteiger charge is -2.08. The zero-order valence-corrected chi connectivity index (χ0v) is 14.2. The van der Waals surface area contributed by atoms with Crippen molar-refractivity contribution in [2.75, 3.05) is 7.11 Å². The maximum Gasteiger partial charge on any atom is 0.250 e. The van der Waals surface area contributed by atoms with Crippen LogP contribution in [0.5, 0.6) is 5.75 Å². The molecule has 4 rings (SSSR count). The molecule has 0 unspecified atom stereocenters. The molecule has 0 aliphatic carbocycles. The van der Waals surface area contributed by atoms with Crippen LogP contribution in [0, 0.1) is 5.82 Å². The first-order valence-electron chi connectivity index (χ1n) is 8.24. The van der Waals surface area contributed by atoms with Crippen LogP contribution in [0.25, 0.3) is 22.0 Å². The number of aromatic nitrogens is 2. The van der Waals surface area contributed by atoms with Crippen LogP contribution in [0.1, 0.15) is 5.69 Å². The van der Waals surface area contributed by atoms with Gasteiger partial charge in [0.1, 0.15) is 11.6 Å². The maximum atomic E-state index is 13.4. The van der Waals surface area contributed by atoms with Gasteiger partial charge in [0.2, 0.25) is 0 Å². The molecule has 0 amide bonds. The van der Waals surface area contributed by atoms with Crippen molar-refractivity contribution >= 4 is 10.9 Å². The van der Waals surface area contributed by atoms with Crippen molar-refractivity contribution in [2.45, 2.75) is 6.54 Å². The predicted octanol–water partition coefficient (Wildman–Crippen LogP) is 4.19. The highest BCUT2D eigenvalue weighted by Gasteiger charge is 2.06. The lowest BCUT2D eigenvalue weighted by Crippen LogP contribution is -2.19. The van der Waals surface area contributed by atoms with E-state index in [4.69, 9.17) is 4.74 Å². The summed E-state index contributed by atoms with van der Waals surface area (Å²) < 4.78 is 20.2. The molecule has 0 aliphatic rings. The summed E-state index contributed by atoms with van der Waals surface area (Å²) in [5, 5.41) is 0.791. The fourth-order valence-electron chi connectivity index (χ4n) is 3.04. The molecule has 0 aliphatic heterocycles. The molecule has 130 valence electrons. The first-order chi connectivity index (χ1) is 12.6. The van der Waals surface area contributed by atoms with Crippen LogP contribution in [0.15, 0.2) is 71.7 Å². The van der Waals surface area contributed by atoms with E-state index in [-0.39, 0.29) is 11.4 Å². The average molecular weight is 348 g/mol. The molecule has 4 aromatic rings. The van der Waals surface area contributed by atoms with Gasteiger partial charge in [0.05, 0.1) is 13.7 Å². The summed E-state index contributed by atoms with van der Waals surface area (Å²) in [6.45, 7) is 0.388. The van der Waals surface area contributed by atoms with E-state index < -0.39 is 0 Å². The van der Waals surface area contributed by atoms with Crippen LogP contribution in [-0.4, -0.2) is 16.7 Å². The number of halogens is 1. The first-order valence-corrected chi connectivity index (χ1v) is 8.24. The molecular weight excluding hydrogens is 331 g/mol. The van der Waals surface area contributed by atoms with Crippen LogP contribution >= 0.6 is 0 Å². The van der Waals surface area contributed by atoms with E-state index in [9.17, 15) is 9.18 Å². The van der Waals surface area contributed by atoms with Gasteiger partial charge in [0, 0.05) is 28.9 Å². The molecule has 5 heteroatoms. The van der Waals surface area contributed by atoms with Crippen LogP contribution in [0.4, 0.5) is 4.39 Å². The van der Waals surface area contributed by atoms with Crippen molar-refractivity contribution in [3.63, 3.8) is 0 Å². The number of pyridine rings is 1. The largest absolute Gasteiger partial charge is 0.497 e.